The average Bonchev–Trinajstić information content (AvgIpc) is 3.00. The zero-order chi connectivity index (χ0) is 10.1. The van der Waals surface area contributed by atoms with E-state index in [0.717, 1.165) is 17.9 Å². The Morgan fingerprint density at radius 3 is 2.79 bits per heavy atom. The zero-order valence-corrected chi connectivity index (χ0v) is 8.54. The molecule has 0 unspecified atom stereocenters. The first-order valence-corrected chi connectivity index (χ1v) is 5.59. The van der Waals surface area contributed by atoms with Crippen LogP contribution in [0.15, 0.2) is 11.1 Å². The van der Waals surface area contributed by atoms with E-state index >= 15 is 0 Å². The van der Waals surface area contributed by atoms with Gasteiger partial charge in [-0.25, -0.2) is 14.8 Å². The van der Waals surface area contributed by atoms with Gasteiger partial charge in [-0.05, 0) is 19.1 Å². The highest BCUT2D eigenvalue weighted by atomic mass is 32.2. The summed E-state index contributed by atoms with van der Waals surface area (Å²) in [7, 11) is 0. The Morgan fingerprint density at radius 1 is 1.57 bits per heavy atom. The Bertz CT molecular complexity index is 377. The fourth-order valence-electron chi connectivity index (χ4n) is 1.18. The van der Waals surface area contributed by atoms with Crippen LogP contribution in [-0.4, -0.2) is 27.3 Å². The molecule has 1 N–H and O–H groups in total. The van der Waals surface area contributed by atoms with Crippen molar-refractivity contribution in [1.29, 1.82) is 0 Å². The van der Waals surface area contributed by atoms with Crippen molar-refractivity contribution in [3.8, 4) is 0 Å². The molecule has 0 aliphatic heterocycles. The minimum absolute atomic E-state index is 0.103. The van der Waals surface area contributed by atoms with E-state index in [-0.39, 0.29) is 5.69 Å². The van der Waals surface area contributed by atoms with E-state index < -0.39 is 5.97 Å². The van der Waals surface area contributed by atoms with Crippen LogP contribution in [0, 0.1) is 0 Å². The van der Waals surface area contributed by atoms with Gasteiger partial charge in [0.15, 0.2) is 5.69 Å². The minimum Gasteiger partial charge on any atom is -0.477 e. The lowest BCUT2D eigenvalue weighted by Crippen LogP contribution is -2.05. The molecular weight excluding hydrogens is 200 g/mol. The predicted molar refractivity (Wildman–Crippen MR) is 52.7 cm³/mol. The Morgan fingerprint density at radius 2 is 2.29 bits per heavy atom. The van der Waals surface area contributed by atoms with Crippen LogP contribution in [0.2, 0.25) is 0 Å². The van der Waals surface area contributed by atoms with Gasteiger partial charge in [-0.3, -0.25) is 0 Å². The van der Waals surface area contributed by atoms with E-state index in [4.69, 9.17) is 5.11 Å². The second-order valence-electron chi connectivity index (χ2n) is 3.23. The van der Waals surface area contributed by atoms with Crippen LogP contribution >= 0.6 is 11.8 Å². The molecule has 1 aromatic rings. The van der Waals surface area contributed by atoms with Crippen molar-refractivity contribution in [3.05, 3.63) is 17.6 Å². The van der Waals surface area contributed by atoms with Crippen LogP contribution in [0.5, 0.6) is 0 Å². The molecule has 0 bridgehead atoms. The number of aromatic nitrogens is 2. The van der Waals surface area contributed by atoms with Gasteiger partial charge in [-0.2, -0.15) is 0 Å². The van der Waals surface area contributed by atoms with Crippen LogP contribution in [0.25, 0.3) is 0 Å². The number of carboxylic acids is 1. The van der Waals surface area contributed by atoms with Crippen molar-refractivity contribution in [3.63, 3.8) is 0 Å². The van der Waals surface area contributed by atoms with Gasteiger partial charge in [0.25, 0.3) is 0 Å². The molecule has 5 heteroatoms. The monoisotopic (exact) mass is 210 g/mol. The van der Waals surface area contributed by atoms with E-state index in [0.29, 0.717) is 11.7 Å². The number of carbonyl (C=O) groups is 1. The number of carboxylic acid groups (broad SMARTS) is 1. The Labute approximate surface area is 85.8 Å². The quantitative estimate of drug-likeness (QED) is 0.608. The maximum atomic E-state index is 10.8. The molecule has 1 aromatic heterocycles. The minimum atomic E-state index is -0.982. The summed E-state index contributed by atoms with van der Waals surface area (Å²) in [6.07, 6.45) is 4.04. The van der Waals surface area contributed by atoms with Crippen molar-refractivity contribution < 1.29 is 9.90 Å². The number of hydrogen-bond acceptors (Lipinski definition) is 4. The summed E-state index contributed by atoms with van der Waals surface area (Å²) in [5.41, 5.74) is 0.103. The topological polar surface area (TPSA) is 63.1 Å². The Hall–Kier alpha value is -1.10. The molecule has 1 aliphatic rings. The van der Waals surface area contributed by atoms with Gasteiger partial charge in [0.1, 0.15) is 10.9 Å². The summed E-state index contributed by atoms with van der Waals surface area (Å²) in [6.45, 7) is 0. The number of hydrogen-bond donors (Lipinski definition) is 1. The lowest BCUT2D eigenvalue weighted by Gasteiger charge is -2.02. The van der Waals surface area contributed by atoms with Gasteiger partial charge >= 0.3 is 5.97 Å². The zero-order valence-electron chi connectivity index (χ0n) is 7.73. The third kappa shape index (κ3) is 1.87. The molecule has 1 fully saturated rings. The highest BCUT2D eigenvalue weighted by Crippen LogP contribution is 2.38. The van der Waals surface area contributed by atoms with Gasteiger partial charge in [-0.15, -0.1) is 11.8 Å². The highest BCUT2D eigenvalue weighted by molar-refractivity contribution is 7.98. The number of rotatable bonds is 3. The molecule has 0 spiro atoms. The maximum Gasteiger partial charge on any atom is 0.354 e. The molecule has 14 heavy (non-hydrogen) atoms. The van der Waals surface area contributed by atoms with Crippen molar-refractivity contribution in [2.45, 2.75) is 23.8 Å². The Balaban J connectivity index is 2.40. The molecule has 0 radical (unpaired) electrons. The molecule has 1 aliphatic carbocycles. The van der Waals surface area contributed by atoms with E-state index in [1.54, 1.807) is 0 Å². The maximum absolute atomic E-state index is 10.8. The second-order valence-corrected chi connectivity index (χ2v) is 4.06. The van der Waals surface area contributed by atoms with Crippen LogP contribution in [0.1, 0.15) is 35.1 Å². The molecule has 0 saturated heterocycles. The molecule has 74 valence electrons. The molecule has 0 atom stereocenters. The van der Waals surface area contributed by atoms with Crippen molar-refractivity contribution in [1.82, 2.24) is 9.97 Å². The first-order valence-electron chi connectivity index (χ1n) is 4.37. The molecule has 0 amide bonds. The predicted octanol–water partition coefficient (Wildman–Crippen LogP) is 1.77. The van der Waals surface area contributed by atoms with Gasteiger partial charge in [-0.1, -0.05) is 0 Å². The highest BCUT2D eigenvalue weighted by Gasteiger charge is 2.27. The van der Waals surface area contributed by atoms with Crippen LogP contribution < -0.4 is 0 Å². The number of aromatic carboxylic acids is 1. The van der Waals surface area contributed by atoms with E-state index in [9.17, 15) is 4.79 Å². The molecule has 2 rings (SSSR count). The summed E-state index contributed by atoms with van der Waals surface area (Å²) in [5, 5.41) is 9.57. The van der Waals surface area contributed by atoms with Crippen molar-refractivity contribution in [2.24, 2.45) is 0 Å². The smallest absolute Gasteiger partial charge is 0.354 e. The summed E-state index contributed by atoms with van der Waals surface area (Å²) < 4.78 is 0. The van der Waals surface area contributed by atoms with E-state index in [1.807, 2.05) is 6.26 Å². The third-order valence-electron chi connectivity index (χ3n) is 2.09. The fourth-order valence-corrected chi connectivity index (χ4v) is 1.60. The molecule has 4 nitrogen and oxygen atoms in total. The van der Waals surface area contributed by atoms with Crippen LogP contribution in [-0.2, 0) is 0 Å². The summed E-state index contributed by atoms with van der Waals surface area (Å²) in [5.74, 6) is 0.0963. The van der Waals surface area contributed by atoms with Gasteiger partial charge < -0.3 is 5.11 Å². The van der Waals surface area contributed by atoms with Gasteiger partial charge in [0.05, 0.1) is 0 Å². The molecular formula is C9H10N2O2S. The van der Waals surface area contributed by atoms with E-state index in [1.165, 1.54) is 17.8 Å². The largest absolute Gasteiger partial charge is 0.477 e. The summed E-state index contributed by atoms with van der Waals surface area (Å²) in [4.78, 5) is 19.1. The molecule has 1 heterocycles. The van der Waals surface area contributed by atoms with Crippen molar-refractivity contribution in [2.75, 3.05) is 6.26 Å². The normalized spacial score (nSPS) is 15.5. The Kier molecular flexibility index (Phi) is 2.41. The average molecular weight is 210 g/mol. The first kappa shape index (κ1) is 9.45. The third-order valence-corrected chi connectivity index (χ3v) is 2.72. The summed E-state index contributed by atoms with van der Waals surface area (Å²) >= 11 is 1.45. The summed E-state index contributed by atoms with van der Waals surface area (Å²) in [6, 6.07) is 1.51. The van der Waals surface area contributed by atoms with Gasteiger partial charge in [0, 0.05) is 12.0 Å². The first-order chi connectivity index (χ1) is 6.70. The SMILES string of the molecule is CSc1cc(C(=O)O)nc(C2CC2)n1. The lowest BCUT2D eigenvalue weighted by molar-refractivity contribution is 0.0689. The number of thioether (sulfide) groups is 1. The van der Waals surface area contributed by atoms with E-state index in [2.05, 4.69) is 9.97 Å². The van der Waals surface area contributed by atoms with Crippen molar-refractivity contribution >= 4 is 17.7 Å². The molecule has 1 saturated carbocycles. The molecule has 0 aromatic carbocycles. The van der Waals surface area contributed by atoms with Crippen LogP contribution in [0.4, 0.5) is 0 Å². The fraction of sp³-hybridized carbons (Fsp3) is 0.444. The van der Waals surface area contributed by atoms with Crippen LogP contribution in [0.3, 0.4) is 0 Å². The number of nitrogens with zero attached hydrogens (tertiary/aromatic N) is 2. The standard InChI is InChI=1S/C9H10N2O2S/c1-14-7-4-6(9(12)13)10-8(11-7)5-2-3-5/h4-5H,2-3H2,1H3,(H,12,13). The second kappa shape index (κ2) is 3.57. The van der Waals surface area contributed by atoms with Gasteiger partial charge in [0.2, 0.25) is 0 Å². The lowest BCUT2D eigenvalue weighted by atomic mass is 10.3.